The van der Waals surface area contributed by atoms with E-state index in [1.807, 2.05) is 35.2 Å². The van der Waals surface area contributed by atoms with Crippen LogP contribution in [0, 0.1) is 0 Å². The monoisotopic (exact) mass is 570 g/mol. The van der Waals surface area contributed by atoms with Gasteiger partial charge in [-0.05, 0) is 58.3 Å². The van der Waals surface area contributed by atoms with Gasteiger partial charge < -0.3 is 15.0 Å². The molecule has 0 aliphatic carbocycles. The molecule has 0 radical (unpaired) electrons. The van der Waals surface area contributed by atoms with Gasteiger partial charge in [-0.25, -0.2) is 0 Å². The second kappa shape index (κ2) is 17.8. The molecule has 0 spiro atoms. The fraction of sp³-hybridized carbons (Fsp3) is 0.417. The van der Waals surface area contributed by atoms with Crippen molar-refractivity contribution < 1.29 is 19.1 Å². The fourth-order valence-electron chi connectivity index (χ4n) is 4.88. The molecular weight excluding hydrogens is 524 g/mol. The number of amides is 2. The van der Waals surface area contributed by atoms with Crippen molar-refractivity contribution in [2.75, 3.05) is 13.1 Å². The van der Waals surface area contributed by atoms with Gasteiger partial charge in [-0.3, -0.25) is 14.4 Å². The molecule has 1 saturated heterocycles. The Morgan fingerprint density at radius 3 is 2.14 bits per heavy atom. The number of nitrogens with zero attached hydrogens (tertiary/aromatic N) is 1. The van der Waals surface area contributed by atoms with Crippen LogP contribution < -0.4 is 5.32 Å². The lowest BCUT2D eigenvalue weighted by Gasteiger charge is -2.24. The van der Waals surface area contributed by atoms with Gasteiger partial charge in [0.25, 0.3) is 5.91 Å². The number of carbonyl (C=O) groups excluding carboxylic acids is 3. The molecule has 2 amide bonds. The standard InChI is InChI=1S/C36H46N2O4/c1-3-4-5-6-7-8-9-10-11-12-13-14-15-16-17-18-22-25-34(40)38-27-26-31(29-38)37-35(41)32-28-33(39)36(2,42-32)30-23-20-19-21-24-30/h4-5,7-8,10-11,13-14,16-17,19-21,23-24,28,31H,3,6,9,12,15,18,22,25-27,29H2,1-2H3,(H,37,41)/b5-4-,8-7-,11-10-,14-13-,17-16-/t31-,36?/m1/s1. The van der Waals surface area contributed by atoms with Crippen LogP contribution >= 0.6 is 0 Å². The average molecular weight is 571 g/mol. The Morgan fingerprint density at radius 1 is 0.929 bits per heavy atom. The van der Waals surface area contributed by atoms with Crippen LogP contribution in [0.15, 0.2) is 103 Å². The minimum atomic E-state index is -1.20. The molecule has 0 bridgehead atoms. The first-order chi connectivity index (χ1) is 20.4. The average Bonchev–Trinajstić information content (AvgIpc) is 3.59. The Balaban J connectivity index is 1.25. The summed E-state index contributed by atoms with van der Waals surface area (Å²) in [6, 6.07) is 9.01. The minimum absolute atomic E-state index is 0.0215. The van der Waals surface area contributed by atoms with Crippen LogP contribution in [0.3, 0.4) is 0 Å². The van der Waals surface area contributed by atoms with E-state index in [0.717, 1.165) is 44.9 Å². The summed E-state index contributed by atoms with van der Waals surface area (Å²) in [6.07, 6.45) is 30.8. The largest absolute Gasteiger partial charge is 0.469 e. The van der Waals surface area contributed by atoms with E-state index in [1.54, 1.807) is 6.92 Å². The lowest BCUT2D eigenvalue weighted by Crippen LogP contribution is -2.39. The van der Waals surface area contributed by atoms with Gasteiger partial charge in [-0.15, -0.1) is 0 Å². The number of hydrogen-bond acceptors (Lipinski definition) is 4. The second-order valence-electron chi connectivity index (χ2n) is 10.8. The summed E-state index contributed by atoms with van der Waals surface area (Å²) in [6.45, 7) is 4.91. The molecule has 42 heavy (non-hydrogen) atoms. The molecule has 1 aromatic carbocycles. The Labute approximate surface area is 251 Å². The summed E-state index contributed by atoms with van der Waals surface area (Å²) in [7, 11) is 0. The number of ketones is 1. The van der Waals surface area contributed by atoms with Crippen LogP contribution in [0.2, 0.25) is 0 Å². The fourth-order valence-corrected chi connectivity index (χ4v) is 4.88. The molecule has 1 fully saturated rings. The van der Waals surface area contributed by atoms with Crippen LogP contribution in [0.25, 0.3) is 0 Å². The first kappa shape index (κ1) is 32.6. The number of ether oxygens (including phenoxy) is 1. The lowest BCUT2D eigenvalue weighted by atomic mass is 9.92. The van der Waals surface area contributed by atoms with Crippen molar-refractivity contribution in [2.24, 2.45) is 0 Å². The molecule has 3 rings (SSSR count). The lowest BCUT2D eigenvalue weighted by molar-refractivity contribution is -0.133. The van der Waals surface area contributed by atoms with Gasteiger partial charge in [0, 0.05) is 37.2 Å². The number of allylic oxidation sites excluding steroid dienone is 10. The second-order valence-corrected chi connectivity index (χ2v) is 10.8. The molecule has 1 aromatic rings. The SMILES string of the molecule is CC/C=C\C/C=C\C/C=C\C/C=C\C/C=C\CCCC(=O)N1CC[C@@H](NC(=O)C2=CC(=O)C(C)(c3ccccc3)O2)C1. The van der Waals surface area contributed by atoms with Gasteiger partial charge in [0.1, 0.15) is 0 Å². The zero-order valence-electron chi connectivity index (χ0n) is 25.2. The molecule has 224 valence electrons. The molecule has 0 saturated carbocycles. The highest BCUT2D eigenvalue weighted by Gasteiger charge is 2.44. The minimum Gasteiger partial charge on any atom is -0.469 e. The molecule has 2 heterocycles. The van der Waals surface area contributed by atoms with E-state index in [-0.39, 0.29) is 23.5 Å². The summed E-state index contributed by atoms with van der Waals surface area (Å²) in [5, 5.41) is 2.94. The highest BCUT2D eigenvalue weighted by molar-refractivity contribution is 6.07. The highest BCUT2D eigenvalue weighted by Crippen LogP contribution is 2.34. The molecule has 2 atom stereocenters. The number of likely N-dealkylation sites (tertiary alicyclic amines) is 1. The van der Waals surface area contributed by atoms with Gasteiger partial charge in [0.05, 0.1) is 0 Å². The molecule has 2 aliphatic heterocycles. The quantitative estimate of drug-likeness (QED) is 0.171. The predicted molar refractivity (Wildman–Crippen MR) is 169 cm³/mol. The van der Waals surface area contributed by atoms with Crippen molar-refractivity contribution in [3.05, 3.63) is 108 Å². The number of nitrogens with one attached hydrogen (secondary N) is 1. The van der Waals surface area contributed by atoms with E-state index < -0.39 is 11.5 Å². The topological polar surface area (TPSA) is 75.7 Å². The third-order valence-corrected chi connectivity index (χ3v) is 7.39. The van der Waals surface area contributed by atoms with Crippen molar-refractivity contribution in [3.8, 4) is 0 Å². The van der Waals surface area contributed by atoms with E-state index >= 15 is 0 Å². The van der Waals surface area contributed by atoms with Crippen molar-refractivity contribution in [1.82, 2.24) is 10.2 Å². The van der Waals surface area contributed by atoms with E-state index in [0.29, 0.717) is 31.5 Å². The molecule has 0 aromatic heterocycles. The maximum atomic E-state index is 12.8. The third-order valence-electron chi connectivity index (χ3n) is 7.39. The maximum Gasteiger partial charge on any atom is 0.286 e. The van der Waals surface area contributed by atoms with Crippen LogP contribution in [0.5, 0.6) is 0 Å². The zero-order valence-corrected chi connectivity index (χ0v) is 25.2. The maximum absolute atomic E-state index is 12.8. The predicted octanol–water partition coefficient (Wildman–Crippen LogP) is 7.02. The molecule has 6 nitrogen and oxygen atoms in total. The number of carbonyl (C=O) groups is 3. The molecule has 1 N–H and O–H groups in total. The molecule has 1 unspecified atom stereocenters. The summed E-state index contributed by atoms with van der Waals surface area (Å²) in [5.74, 6) is -0.536. The van der Waals surface area contributed by atoms with Crippen molar-refractivity contribution in [2.45, 2.75) is 83.3 Å². The van der Waals surface area contributed by atoms with E-state index in [1.165, 1.54) is 6.08 Å². The first-order valence-corrected chi connectivity index (χ1v) is 15.3. The summed E-state index contributed by atoms with van der Waals surface area (Å²) in [5.41, 5.74) is -0.493. The third kappa shape index (κ3) is 10.5. The zero-order chi connectivity index (χ0) is 30.0. The van der Waals surface area contributed by atoms with Crippen molar-refractivity contribution in [1.29, 1.82) is 0 Å². The number of hydrogen-bond donors (Lipinski definition) is 1. The molecule has 6 heteroatoms. The number of benzene rings is 1. The Bertz CT molecular complexity index is 1210. The van der Waals surface area contributed by atoms with Crippen molar-refractivity contribution >= 4 is 17.6 Å². The van der Waals surface area contributed by atoms with E-state index in [9.17, 15) is 14.4 Å². The van der Waals surface area contributed by atoms with Gasteiger partial charge >= 0.3 is 0 Å². The Hall–Kier alpha value is -3.93. The van der Waals surface area contributed by atoms with Crippen LogP contribution in [-0.4, -0.2) is 41.6 Å². The number of rotatable bonds is 16. The summed E-state index contributed by atoms with van der Waals surface area (Å²) >= 11 is 0. The van der Waals surface area contributed by atoms with Gasteiger partial charge in [0.2, 0.25) is 11.7 Å². The van der Waals surface area contributed by atoms with E-state index in [4.69, 9.17) is 4.74 Å². The Kier molecular flexibility index (Phi) is 13.8. The van der Waals surface area contributed by atoms with Crippen LogP contribution in [-0.2, 0) is 24.7 Å². The summed E-state index contributed by atoms with van der Waals surface area (Å²) < 4.78 is 5.84. The summed E-state index contributed by atoms with van der Waals surface area (Å²) in [4.78, 5) is 39.9. The normalized spacial score (nSPS) is 21.0. The smallest absolute Gasteiger partial charge is 0.286 e. The van der Waals surface area contributed by atoms with Crippen LogP contribution in [0.4, 0.5) is 0 Å². The molecular formula is C36H46N2O4. The van der Waals surface area contributed by atoms with E-state index in [2.05, 4.69) is 73.0 Å². The highest BCUT2D eigenvalue weighted by atomic mass is 16.5. The van der Waals surface area contributed by atoms with Crippen LogP contribution in [0.1, 0.15) is 77.2 Å². The van der Waals surface area contributed by atoms with Crippen molar-refractivity contribution in [3.63, 3.8) is 0 Å². The first-order valence-electron chi connectivity index (χ1n) is 15.3. The molecule has 2 aliphatic rings. The van der Waals surface area contributed by atoms with Gasteiger partial charge in [0.15, 0.2) is 11.4 Å². The van der Waals surface area contributed by atoms with Gasteiger partial charge in [-0.2, -0.15) is 0 Å². The number of unbranched alkanes of at least 4 members (excludes halogenated alkanes) is 1. The van der Waals surface area contributed by atoms with Gasteiger partial charge in [-0.1, -0.05) is 98.0 Å². The Morgan fingerprint density at radius 2 is 1.52 bits per heavy atom.